The molecule has 1 aromatic heterocycles. The van der Waals surface area contributed by atoms with Crippen LogP contribution in [-0.4, -0.2) is 39.7 Å². The number of aromatic nitrogens is 1. The van der Waals surface area contributed by atoms with Crippen LogP contribution in [0.3, 0.4) is 0 Å². The number of methoxy groups -OCH3 is 1. The van der Waals surface area contributed by atoms with Gasteiger partial charge in [-0.1, -0.05) is 5.16 Å². The van der Waals surface area contributed by atoms with Crippen LogP contribution in [0.2, 0.25) is 0 Å². The van der Waals surface area contributed by atoms with E-state index in [0.717, 1.165) is 48.5 Å². The number of nitrogens with one attached hydrogen (secondary N) is 1. The van der Waals surface area contributed by atoms with Crippen molar-refractivity contribution in [1.29, 1.82) is 0 Å². The SMILES string of the molecule is COCCS(=O)(=O)Nc1noc2cc(OCC34CC5CC(CC(C5)C3)C4)c(C3CC3)cc12. The van der Waals surface area contributed by atoms with E-state index in [1.165, 1.54) is 45.6 Å². The first kappa shape index (κ1) is 20.8. The van der Waals surface area contributed by atoms with Crippen molar-refractivity contribution in [2.75, 3.05) is 30.8 Å². The molecule has 1 N–H and O–H groups in total. The third-order valence-electron chi connectivity index (χ3n) is 8.13. The van der Waals surface area contributed by atoms with Crippen LogP contribution in [0.5, 0.6) is 5.75 Å². The van der Waals surface area contributed by atoms with Gasteiger partial charge in [-0.05, 0) is 86.7 Å². The molecule has 1 aromatic carbocycles. The first-order valence-corrected chi connectivity index (χ1v) is 13.6. The summed E-state index contributed by atoms with van der Waals surface area (Å²) in [5, 5.41) is 4.69. The molecule has 32 heavy (non-hydrogen) atoms. The van der Waals surface area contributed by atoms with Gasteiger partial charge in [0.15, 0.2) is 11.4 Å². The first-order chi connectivity index (χ1) is 15.4. The molecular weight excluding hydrogens is 428 g/mol. The summed E-state index contributed by atoms with van der Waals surface area (Å²) >= 11 is 0. The smallest absolute Gasteiger partial charge is 0.236 e. The maximum Gasteiger partial charge on any atom is 0.236 e. The van der Waals surface area contributed by atoms with E-state index in [0.29, 0.717) is 22.3 Å². The Labute approximate surface area is 189 Å². The van der Waals surface area contributed by atoms with Gasteiger partial charge < -0.3 is 14.0 Å². The summed E-state index contributed by atoms with van der Waals surface area (Å²) in [4.78, 5) is 0. The highest BCUT2D eigenvalue weighted by atomic mass is 32.2. The molecule has 0 atom stereocenters. The van der Waals surface area contributed by atoms with E-state index in [4.69, 9.17) is 14.0 Å². The highest BCUT2D eigenvalue weighted by Gasteiger charge is 2.51. The molecule has 5 fully saturated rings. The summed E-state index contributed by atoms with van der Waals surface area (Å²) < 4.78 is 44.1. The molecule has 0 unspecified atom stereocenters. The van der Waals surface area contributed by atoms with Gasteiger partial charge in [0.25, 0.3) is 0 Å². The van der Waals surface area contributed by atoms with Gasteiger partial charge in [-0.25, -0.2) is 8.42 Å². The molecule has 5 saturated carbocycles. The molecule has 5 aliphatic rings. The predicted octanol–water partition coefficient (Wildman–Crippen LogP) is 4.69. The number of benzene rings is 1. The maximum absolute atomic E-state index is 12.3. The average molecular weight is 461 g/mol. The molecular formula is C24H32N2O5S. The van der Waals surface area contributed by atoms with E-state index in [1.807, 2.05) is 12.1 Å². The van der Waals surface area contributed by atoms with Crippen molar-refractivity contribution in [3.05, 3.63) is 17.7 Å². The van der Waals surface area contributed by atoms with E-state index >= 15 is 0 Å². The Bertz CT molecular complexity index is 1090. The molecule has 0 spiro atoms. The van der Waals surface area contributed by atoms with Crippen molar-refractivity contribution in [1.82, 2.24) is 5.16 Å². The molecule has 4 bridgehead atoms. The lowest BCUT2D eigenvalue weighted by Gasteiger charge is -2.56. The molecule has 0 radical (unpaired) electrons. The van der Waals surface area contributed by atoms with Gasteiger partial charge >= 0.3 is 0 Å². The summed E-state index contributed by atoms with van der Waals surface area (Å²) in [5.41, 5.74) is 2.05. The molecule has 1 heterocycles. The second kappa shape index (κ2) is 7.62. The standard InChI is InChI=1S/C24H32N2O5S/c1-29-4-5-32(27,28)26-23-20-9-19(18-2-3-18)21(10-22(20)31-25-23)30-14-24-11-15-6-16(12-24)8-17(7-15)13-24/h9-10,15-18H,2-8,11-14H2,1H3,(H,25,26). The van der Waals surface area contributed by atoms with Crippen LogP contribution in [0.1, 0.15) is 62.8 Å². The minimum absolute atomic E-state index is 0.125. The number of ether oxygens (including phenoxy) is 2. The predicted molar refractivity (Wildman–Crippen MR) is 121 cm³/mol. The number of hydrogen-bond acceptors (Lipinski definition) is 6. The zero-order chi connectivity index (χ0) is 21.9. The molecule has 0 aliphatic heterocycles. The lowest BCUT2D eigenvalue weighted by molar-refractivity contribution is -0.0746. The van der Waals surface area contributed by atoms with E-state index in [-0.39, 0.29) is 18.2 Å². The third-order valence-corrected chi connectivity index (χ3v) is 9.34. The normalized spacial score (nSPS) is 31.3. The first-order valence-electron chi connectivity index (χ1n) is 12.0. The summed E-state index contributed by atoms with van der Waals surface area (Å²) in [5.74, 6) is 4.18. The third kappa shape index (κ3) is 3.89. The molecule has 7 nitrogen and oxygen atoms in total. The Kier molecular flexibility index (Phi) is 4.95. The Morgan fingerprint density at radius 2 is 1.81 bits per heavy atom. The molecule has 0 saturated heterocycles. The largest absolute Gasteiger partial charge is 0.493 e. The van der Waals surface area contributed by atoms with Crippen molar-refractivity contribution in [2.45, 2.75) is 57.3 Å². The Morgan fingerprint density at radius 1 is 1.12 bits per heavy atom. The number of hydrogen-bond donors (Lipinski definition) is 1. The lowest BCUT2D eigenvalue weighted by atomic mass is 9.50. The van der Waals surface area contributed by atoms with Crippen molar-refractivity contribution in [3.63, 3.8) is 0 Å². The molecule has 7 rings (SSSR count). The van der Waals surface area contributed by atoms with Crippen LogP contribution in [0.4, 0.5) is 5.82 Å². The van der Waals surface area contributed by atoms with Crippen molar-refractivity contribution in [2.24, 2.45) is 23.2 Å². The van der Waals surface area contributed by atoms with E-state index in [2.05, 4.69) is 9.88 Å². The van der Waals surface area contributed by atoms with Crippen molar-refractivity contribution in [3.8, 4) is 5.75 Å². The lowest BCUT2D eigenvalue weighted by Crippen LogP contribution is -2.48. The average Bonchev–Trinajstić information content (AvgIpc) is 3.52. The molecule has 174 valence electrons. The summed E-state index contributed by atoms with van der Waals surface area (Å²) in [6.07, 6.45) is 10.5. The summed E-state index contributed by atoms with van der Waals surface area (Å²) in [7, 11) is -2.07. The number of fused-ring (bicyclic) bond motifs is 1. The minimum atomic E-state index is -3.55. The van der Waals surface area contributed by atoms with Gasteiger partial charge in [0.2, 0.25) is 10.0 Å². The van der Waals surface area contributed by atoms with Crippen molar-refractivity contribution >= 4 is 26.8 Å². The van der Waals surface area contributed by atoms with E-state index < -0.39 is 10.0 Å². The fourth-order valence-electron chi connectivity index (χ4n) is 6.98. The Balaban J connectivity index is 1.25. The zero-order valence-corrected chi connectivity index (χ0v) is 19.5. The van der Waals surface area contributed by atoms with Crippen LogP contribution in [0.15, 0.2) is 16.7 Å². The summed E-state index contributed by atoms with van der Waals surface area (Å²) in [6, 6.07) is 3.94. The van der Waals surface area contributed by atoms with Gasteiger partial charge in [-0.3, -0.25) is 4.72 Å². The Hall–Kier alpha value is -1.80. The quantitative estimate of drug-likeness (QED) is 0.584. The highest BCUT2D eigenvalue weighted by molar-refractivity contribution is 7.92. The van der Waals surface area contributed by atoms with Gasteiger partial charge in [0, 0.05) is 18.6 Å². The topological polar surface area (TPSA) is 90.7 Å². The van der Waals surface area contributed by atoms with Gasteiger partial charge in [0.05, 0.1) is 24.4 Å². The molecule has 5 aliphatic carbocycles. The van der Waals surface area contributed by atoms with E-state index in [1.54, 1.807) is 0 Å². The van der Waals surface area contributed by atoms with Gasteiger partial charge in [0.1, 0.15) is 5.75 Å². The fraction of sp³-hybridized carbons (Fsp3) is 0.708. The van der Waals surface area contributed by atoms with Crippen LogP contribution < -0.4 is 9.46 Å². The number of anilines is 1. The minimum Gasteiger partial charge on any atom is -0.493 e. The number of rotatable bonds is 9. The summed E-state index contributed by atoms with van der Waals surface area (Å²) in [6.45, 7) is 0.910. The maximum atomic E-state index is 12.3. The number of nitrogens with zero attached hydrogens (tertiary/aromatic N) is 1. The van der Waals surface area contributed by atoms with Crippen LogP contribution in [-0.2, 0) is 14.8 Å². The molecule has 8 heteroatoms. The second-order valence-corrected chi connectivity index (χ2v) is 12.7. The second-order valence-electron chi connectivity index (χ2n) is 10.8. The highest BCUT2D eigenvalue weighted by Crippen LogP contribution is 2.60. The monoisotopic (exact) mass is 460 g/mol. The van der Waals surface area contributed by atoms with Gasteiger partial charge in [-0.15, -0.1) is 0 Å². The zero-order valence-electron chi connectivity index (χ0n) is 18.6. The Morgan fingerprint density at radius 3 is 2.44 bits per heavy atom. The number of sulfonamides is 1. The van der Waals surface area contributed by atoms with Crippen LogP contribution >= 0.6 is 0 Å². The van der Waals surface area contributed by atoms with Crippen LogP contribution in [0.25, 0.3) is 11.0 Å². The molecule has 2 aromatic rings. The molecule has 0 amide bonds. The fourth-order valence-corrected chi connectivity index (χ4v) is 7.91. The van der Waals surface area contributed by atoms with E-state index in [9.17, 15) is 8.42 Å². The van der Waals surface area contributed by atoms with Gasteiger partial charge in [-0.2, -0.15) is 0 Å². The van der Waals surface area contributed by atoms with Crippen molar-refractivity contribution < 1.29 is 22.4 Å². The van der Waals surface area contributed by atoms with Crippen LogP contribution in [0, 0.1) is 23.2 Å².